The van der Waals surface area contributed by atoms with Gasteiger partial charge < -0.3 is 4.74 Å². The fourth-order valence-electron chi connectivity index (χ4n) is 1.67. The van der Waals surface area contributed by atoms with Gasteiger partial charge in [-0.15, -0.1) is 0 Å². The Morgan fingerprint density at radius 2 is 0.952 bits per heavy atom. The first kappa shape index (κ1) is 20.1. The third-order valence-corrected chi connectivity index (χ3v) is 7.72. The van der Waals surface area contributed by atoms with Gasteiger partial charge in [0.25, 0.3) is 0 Å². The lowest BCUT2D eigenvalue weighted by Gasteiger charge is -2.32. The summed E-state index contributed by atoms with van der Waals surface area (Å²) < 4.78 is 8.08. The summed E-state index contributed by atoms with van der Waals surface area (Å²) in [6, 6.07) is 16.7. The summed E-state index contributed by atoms with van der Waals surface area (Å²) in [5.74, 6) is 0. The molecule has 0 saturated carbocycles. The molecule has 2 rings (SSSR count). The second-order valence-electron chi connectivity index (χ2n) is 4.10. The van der Waals surface area contributed by atoms with Crippen molar-refractivity contribution in [2.45, 2.75) is 3.23 Å². The maximum absolute atomic E-state index is 6.50. The zero-order valence-corrected chi connectivity index (χ0v) is 23.2. The number of benzene rings is 2. The van der Waals surface area contributed by atoms with E-state index >= 15 is 0 Å². The van der Waals surface area contributed by atoms with Gasteiger partial charge in [0, 0.05) is 18.3 Å². The first-order valence-electron chi connectivity index (χ1n) is 5.70. The first-order valence-corrected chi connectivity index (χ1v) is 12.2. The number of rotatable bonds is 4. The third-order valence-electron chi connectivity index (χ3n) is 2.63. The fourth-order valence-corrected chi connectivity index (χ4v) is 10.2. The topological polar surface area (TPSA) is 9.23 Å². The van der Waals surface area contributed by atoms with Crippen LogP contribution in [0.2, 0.25) is 0 Å². The Kier molecular flexibility index (Phi) is 8.08. The van der Waals surface area contributed by atoms with Gasteiger partial charge in [-0.05, 0) is 148 Å². The van der Waals surface area contributed by atoms with Gasteiger partial charge in [-0.2, -0.15) is 0 Å². The molecule has 21 heavy (non-hydrogen) atoms. The van der Waals surface area contributed by atoms with E-state index in [0.29, 0.717) is 0 Å². The Morgan fingerprint density at radius 3 is 1.29 bits per heavy atom. The summed E-state index contributed by atoms with van der Waals surface area (Å²) in [6.07, 6.45) is 0. The Labute approximate surface area is 206 Å². The van der Waals surface area contributed by atoms with Crippen molar-refractivity contribution in [3.05, 3.63) is 66.8 Å². The highest BCUT2D eigenvalue weighted by Gasteiger charge is 2.39. The van der Waals surface area contributed by atoms with Gasteiger partial charge in [0.2, 0.25) is 0 Å². The number of halogens is 6. The molecule has 0 spiro atoms. The summed E-state index contributed by atoms with van der Waals surface area (Å²) in [5, 5.41) is 0. The minimum Gasteiger partial charge on any atom is -0.321 e. The molecule has 0 bridgehead atoms. The van der Waals surface area contributed by atoms with Crippen molar-refractivity contribution >= 4 is 136 Å². The van der Waals surface area contributed by atoms with Gasteiger partial charge in [0.1, 0.15) is 0 Å². The molecule has 0 atom stereocenters. The molecule has 2 aromatic rings. The molecule has 0 N–H and O–H groups in total. The molecule has 0 aliphatic carbocycles. The first-order chi connectivity index (χ1) is 9.74. The minimum atomic E-state index is -0.422. The largest absolute Gasteiger partial charge is 0.321 e. The van der Waals surface area contributed by atoms with Crippen LogP contribution in [0.25, 0.3) is 0 Å². The highest BCUT2D eigenvalue weighted by molar-refractivity contribution is 14.2. The number of alkyl halides is 4. The molecule has 0 radical (unpaired) electrons. The van der Waals surface area contributed by atoms with E-state index in [-0.39, 0.29) is 0 Å². The van der Waals surface area contributed by atoms with Crippen molar-refractivity contribution in [1.82, 2.24) is 0 Å². The zero-order chi connectivity index (χ0) is 15.7. The predicted molar refractivity (Wildman–Crippen MR) is 139 cm³/mol. The minimum absolute atomic E-state index is 0.422. The molecule has 1 nitrogen and oxygen atoms in total. The van der Waals surface area contributed by atoms with E-state index in [0.717, 1.165) is 0 Å². The van der Waals surface area contributed by atoms with E-state index < -0.39 is 3.23 Å². The smallest absolute Gasteiger partial charge is 0.198 e. The summed E-state index contributed by atoms with van der Waals surface area (Å²) >= 11 is 14.2. The van der Waals surface area contributed by atoms with E-state index in [1.165, 1.54) is 18.3 Å². The number of ether oxygens (including phenoxy) is 1. The van der Waals surface area contributed by atoms with Crippen molar-refractivity contribution in [2.24, 2.45) is 0 Å². The summed E-state index contributed by atoms with van der Waals surface area (Å²) in [6.45, 7) is 0. The van der Waals surface area contributed by atoms with E-state index in [1.807, 2.05) is 0 Å². The van der Waals surface area contributed by atoms with Crippen LogP contribution in [0, 0.1) is 7.14 Å². The molecule has 7 heteroatoms. The number of hydrogen-bond donors (Lipinski definition) is 0. The van der Waals surface area contributed by atoms with Crippen LogP contribution in [0.1, 0.15) is 11.1 Å². The van der Waals surface area contributed by atoms with E-state index in [4.69, 9.17) is 4.74 Å². The average Bonchev–Trinajstić information content (AvgIpc) is 2.38. The van der Waals surface area contributed by atoms with Gasteiger partial charge in [0.15, 0.2) is 3.23 Å². The lowest BCUT2D eigenvalue weighted by molar-refractivity contribution is 0.0887. The Balaban J connectivity index is 2.36. The molecule has 0 saturated heterocycles. The standard InChI is InChI=1S/C14H8I6O/c15-11-7-3-1-5-9(11)13(17,18)21-14(19,20)10-6-2-4-8-12(10)16/h1-8H. The normalized spacial score (nSPS) is 12.5. The molecular weight excluding hydrogens is 946 g/mol. The van der Waals surface area contributed by atoms with Crippen LogP contribution in [0.3, 0.4) is 0 Å². The van der Waals surface area contributed by atoms with Crippen LogP contribution in [0.4, 0.5) is 0 Å². The summed E-state index contributed by atoms with van der Waals surface area (Å²) in [7, 11) is 0. The van der Waals surface area contributed by atoms with Crippen LogP contribution in [-0.2, 0) is 7.97 Å². The van der Waals surface area contributed by atoms with Gasteiger partial charge in [-0.25, -0.2) is 0 Å². The molecule has 0 heterocycles. The Hall–Kier alpha value is 2.78. The maximum Gasteiger partial charge on any atom is 0.198 e. The zero-order valence-electron chi connectivity index (χ0n) is 10.3. The molecular formula is C14H8I6O. The van der Waals surface area contributed by atoms with E-state index in [1.54, 1.807) is 0 Å². The van der Waals surface area contributed by atoms with Crippen molar-refractivity contribution in [2.75, 3.05) is 0 Å². The summed E-state index contributed by atoms with van der Waals surface area (Å²) in [4.78, 5) is 0. The van der Waals surface area contributed by atoms with Crippen LogP contribution in [-0.4, -0.2) is 0 Å². The van der Waals surface area contributed by atoms with Crippen LogP contribution < -0.4 is 0 Å². The van der Waals surface area contributed by atoms with Crippen molar-refractivity contribution in [3.8, 4) is 0 Å². The molecule has 0 unspecified atom stereocenters. The average molecular weight is 954 g/mol. The lowest BCUT2D eigenvalue weighted by Crippen LogP contribution is -2.25. The van der Waals surface area contributed by atoms with Crippen molar-refractivity contribution in [1.29, 1.82) is 0 Å². The SMILES string of the molecule is Ic1ccccc1C(I)(I)OC(I)(I)c1ccccc1I. The van der Waals surface area contributed by atoms with Crippen molar-refractivity contribution < 1.29 is 4.74 Å². The van der Waals surface area contributed by atoms with Gasteiger partial charge >= 0.3 is 0 Å². The summed E-state index contributed by atoms with van der Waals surface area (Å²) in [5.41, 5.74) is 2.38. The highest BCUT2D eigenvalue weighted by Crippen LogP contribution is 2.53. The van der Waals surface area contributed by atoms with Gasteiger partial charge in [-0.1, -0.05) is 36.4 Å². The molecule has 0 amide bonds. The lowest BCUT2D eigenvalue weighted by atomic mass is 10.2. The van der Waals surface area contributed by atoms with E-state index in [2.05, 4.69) is 184 Å². The van der Waals surface area contributed by atoms with Crippen LogP contribution in [0.15, 0.2) is 48.5 Å². The van der Waals surface area contributed by atoms with Gasteiger partial charge in [-0.3, -0.25) is 0 Å². The molecule has 0 aromatic heterocycles. The number of hydrogen-bond acceptors (Lipinski definition) is 1. The van der Waals surface area contributed by atoms with E-state index in [9.17, 15) is 0 Å². The maximum atomic E-state index is 6.50. The molecule has 0 aliphatic rings. The fraction of sp³-hybridized carbons (Fsp3) is 0.143. The van der Waals surface area contributed by atoms with Crippen molar-refractivity contribution in [3.63, 3.8) is 0 Å². The van der Waals surface area contributed by atoms with Crippen LogP contribution in [0.5, 0.6) is 0 Å². The molecule has 2 aromatic carbocycles. The van der Waals surface area contributed by atoms with Gasteiger partial charge in [0.05, 0.1) is 0 Å². The predicted octanol–water partition coefficient (Wildman–Crippen LogP) is 7.57. The Morgan fingerprint density at radius 1 is 0.619 bits per heavy atom. The second kappa shape index (κ2) is 8.44. The molecule has 0 aliphatic heterocycles. The van der Waals surface area contributed by atoms with Crippen LogP contribution >= 0.6 is 136 Å². The Bertz CT molecular complexity index is 585. The third kappa shape index (κ3) is 5.37. The molecule has 112 valence electrons. The second-order valence-corrected chi connectivity index (χ2v) is 16.6. The highest BCUT2D eigenvalue weighted by atomic mass is 127. The monoisotopic (exact) mass is 953 g/mol. The molecule has 0 fully saturated rings. The quantitative estimate of drug-likeness (QED) is 0.227.